The van der Waals surface area contributed by atoms with Crippen LogP contribution in [0.1, 0.15) is 5.82 Å². The molecule has 3 rings (SSSR count). The highest BCUT2D eigenvalue weighted by Gasteiger charge is 2.10. The van der Waals surface area contributed by atoms with Gasteiger partial charge in [-0.15, -0.1) is 24.8 Å². The van der Waals surface area contributed by atoms with E-state index in [-0.39, 0.29) is 24.8 Å². The summed E-state index contributed by atoms with van der Waals surface area (Å²) in [4.78, 5) is 8.80. The van der Waals surface area contributed by atoms with Gasteiger partial charge in [0.1, 0.15) is 5.82 Å². The molecular formula is C14H16Cl2N4. The molecule has 0 aliphatic carbocycles. The zero-order valence-corrected chi connectivity index (χ0v) is 12.4. The van der Waals surface area contributed by atoms with Crippen LogP contribution in [0.4, 0.5) is 0 Å². The quantitative estimate of drug-likeness (QED) is 0.809. The van der Waals surface area contributed by atoms with E-state index in [2.05, 4.69) is 20.6 Å². The molecule has 0 saturated carbocycles. The molecule has 0 fully saturated rings. The molecule has 0 amide bonds. The average Bonchev–Trinajstić information content (AvgIpc) is 2.78. The van der Waals surface area contributed by atoms with Gasteiger partial charge in [-0.2, -0.15) is 0 Å². The van der Waals surface area contributed by atoms with Crippen molar-refractivity contribution in [1.29, 1.82) is 0 Å². The van der Waals surface area contributed by atoms with Crippen LogP contribution in [0.15, 0.2) is 48.8 Å². The summed E-state index contributed by atoms with van der Waals surface area (Å²) in [6, 6.07) is 12.0. The number of para-hydroxylation sites is 2. The number of fused-ring (bicyclic) bond motifs is 1. The molecule has 0 bridgehead atoms. The molecule has 20 heavy (non-hydrogen) atoms. The van der Waals surface area contributed by atoms with Crippen LogP contribution in [0.2, 0.25) is 0 Å². The summed E-state index contributed by atoms with van der Waals surface area (Å²) in [5.74, 6) is 0.978. The van der Waals surface area contributed by atoms with E-state index >= 15 is 0 Å². The number of hydrogen-bond acceptors (Lipinski definition) is 3. The summed E-state index contributed by atoms with van der Waals surface area (Å²) in [7, 11) is 0. The summed E-state index contributed by atoms with van der Waals surface area (Å²) >= 11 is 0. The average molecular weight is 311 g/mol. The van der Waals surface area contributed by atoms with Gasteiger partial charge < -0.3 is 5.73 Å². The Morgan fingerprint density at radius 2 is 1.85 bits per heavy atom. The first-order valence-corrected chi connectivity index (χ1v) is 5.97. The number of rotatable bonds is 3. The Morgan fingerprint density at radius 3 is 2.55 bits per heavy atom. The first-order valence-electron chi connectivity index (χ1n) is 5.97. The summed E-state index contributed by atoms with van der Waals surface area (Å²) in [6.45, 7) is 0.587. The minimum atomic E-state index is 0. The molecular weight excluding hydrogens is 295 g/mol. The molecule has 0 unspecified atom stereocenters. The van der Waals surface area contributed by atoms with E-state index < -0.39 is 0 Å². The maximum absolute atomic E-state index is 5.66. The van der Waals surface area contributed by atoms with Gasteiger partial charge in [0, 0.05) is 12.6 Å². The predicted octanol–water partition coefficient (Wildman–Crippen LogP) is 2.77. The third-order valence-corrected chi connectivity index (χ3v) is 2.90. The third-order valence-electron chi connectivity index (χ3n) is 2.90. The van der Waals surface area contributed by atoms with Gasteiger partial charge in [-0.25, -0.2) is 4.98 Å². The van der Waals surface area contributed by atoms with Crippen molar-refractivity contribution in [2.45, 2.75) is 6.42 Å². The molecule has 6 heteroatoms. The van der Waals surface area contributed by atoms with Gasteiger partial charge in [-0.3, -0.25) is 9.55 Å². The number of hydrogen-bond donors (Lipinski definition) is 1. The van der Waals surface area contributed by atoms with Crippen LogP contribution in [-0.4, -0.2) is 21.1 Å². The maximum Gasteiger partial charge on any atom is 0.115 e. The van der Waals surface area contributed by atoms with E-state index in [0.29, 0.717) is 6.54 Å². The molecule has 0 aliphatic heterocycles. The van der Waals surface area contributed by atoms with Crippen molar-refractivity contribution in [1.82, 2.24) is 14.5 Å². The van der Waals surface area contributed by atoms with Crippen molar-refractivity contribution >= 4 is 35.8 Å². The Morgan fingerprint density at radius 1 is 1.05 bits per heavy atom. The molecule has 2 N–H and O–H groups in total. The molecule has 3 aromatic rings. The molecule has 0 atom stereocenters. The zero-order chi connectivity index (χ0) is 12.4. The highest BCUT2D eigenvalue weighted by atomic mass is 35.5. The van der Waals surface area contributed by atoms with Crippen LogP contribution in [0, 0.1) is 0 Å². The Hall–Kier alpha value is -1.62. The number of imidazole rings is 1. The highest BCUT2D eigenvalue weighted by Crippen LogP contribution is 2.20. The summed E-state index contributed by atoms with van der Waals surface area (Å²) < 4.78 is 2.12. The smallest absolute Gasteiger partial charge is 0.115 e. The van der Waals surface area contributed by atoms with Gasteiger partial charge in [0.15, 0.2) is 0 Å². The van der Waals surface area contributed by atoms with Gasteiger partial charge in [0.05, 0.1) is 22.9 Å². The van der Waals surface area contributed by atoms with E-state index in [1.165, 1.54) is 0 Å². The second-order valence-corrected chi connectivity index (χ2v) is 4.10. The van der Waals surface area contributed by atoms with Gasteiger partial charge >= 0.3 is 0 Å². The number of nitrogens with two attached hydrogens (primary N) is 1. The Balaban J connectivity index is 0.000001000. The first kappa shape index (κ1) is 16.4. The first-order chi connectivity index (χ1) is 8.90. The van der Waals surface area contributed by atoms with Gasteiger partial charge in [-0.05, 0) is 30.8 Å². The number of nitrogens with zero attached hydrogens (tertiary/aromatic N) is 3. The summed E-state index contributed by atoms with van der Waals surface area (Å²) in [6.07, 6.45) is 4.36. The van der Waals surface area contributed by atoms with Crippen LogP contribution in [-0.2, 0) is 6.42 Å². The number of aromatic nitrogens is 3. The lowest BCUT2D eigenvalue weighted by Gasteiger charge is -2.07. The second-order valence-electron chi connectivity index (χ2n) is 4.10. The summed E-state index contributed by atoms with van der Waals surface area (Å²) in [5.41, 5.74) is 8.77. The van der Waals surface area contributed by atoms with Crippen molar-refractivity contribution in [3.8, 4) is 5.69 Å². The Kier molecular flexibility index (Phi) is 5.95. The monoisotopic (exact) mass is 310 g/mol. The van der Waals surface area contributed by atoms with Crippen LogP contribution in [0.5, 0.6) is 0 Å². The predicted molar refractivity (Wildman–Crippen MR) is 86.1 cm³/mol. The van der Waals surface area contributed by atoms with Crippen molar-refractivity contribution in [3.63, 3.8) is 0 Å². The molecule has 4 nitrogen and oxygen atoms in total. The lowest BCUT2D eigenvalue weighted by atomic mass is 10.3. The minimum absolute atomic E-state index is 0. The van der Waals surface area contributed by atoms with E-state index in [0.717, 1.165) is 29.0 Å². The number of halogens is 2. The van der Waals surface area contributed by atoms with Gasteiger partial charge in [0.2, 0.25) is 0 Å². The largest absolute Gasteiger partial charge is 0.330 e. The van der Waals surface area contributed by atoms with Crippen LogP contribution < -0.4 is 5.73 Å². The molecule has 0 spiro atoms. The third kappa shape index (κ3) is 2.93. The second kappa shape index (κ2) is 7.24. The van der Waals surface area contributed by atoms with E-state index in [1.54, 1.807) is 6.20 Å². The van der Waals surface area contributed by atoms with E-state index in [4.69, 9.17) is 5.73 Å². The maximum atomic E-state index is 5.66. The van der Waals surface area contributed by atoms with E-state index in [9.17, 15) is 0 Å². The lowest BCUT2D eigenvalue weighted by molar-refractivity contribution is 0.846. The Bertz CT molecular complexity index is 667. The fraction of sp³-hybridized carbons (Fsp3) is 0.143. The SMILES string of the molecule is Cl.Cl.NCCc1nc2ccccc2n1-c1cccnc1. The molecule has 2 heterocycles. The Labute approximate surface area is 129 Å². The van der Waals surface area contributed by atoms with Gasteiger partial charge in [0.25, 0.3) is 0 Å². The van der Waals surface area contributed by atoms with Gasteiger partial charge in [-0.1, -0.05) is 12.1 Å². The highest BCUT2D eigenvalue weighted by molar-refractivity contribution is 5.85. The van der Waals surface area contributed by atoms with Crippen molar-refractivity contribution < 1.29 is 0 Å². The molecule has 0 saturated heterocycles. The molecule has 106 valence electrons. The fourth-order valence-corrected chi connectivity index (χ4v) is 2.15. The number of pyridine rings is 1. The standard InChI is InChI=1S/C14H14N4.2ClH/c15-8-7-14-17-12-5-1-2-6-13(12)18(14)11-4-3-9-16-10-11;;/h1-6,9-10H,7-8,15H2;2*1H. The topological polar surface area (TPSA) is 56.7 Å². The van der Waals surface area contributed by atoms with Crippen LogP contribution in [0.25, 0.3) is 16.7 Å². The molecule has 2 aromatic heterocycles. The molecule has 1 aromatic carbocycles. The molecule has 0 aliphatic rings. The van der Waals surface area contributed by atoms with Crippen molar-refractivity contribution in [3.05, 3.63) is 54.6 Å². The van der Waals surface area contributed by atoms with E-state index in [1.807, 2.05) is 36.5 Å². The lowest BCUT2D eigenvalue weighted by Crippen LogP contribution is -2.09. The number of benzene rings is 1. The normalized spacial score (nSPS) is 9.85. The molecule has 0 radical (unpaired) electrons. The minimum Gasteiger partial charge on any atom is -0.330 e. The van der Waals surface area contributed by atoms with Crippen molar-refractivity contribution in [2.24, 2.45) is 5.73 Å². The van der Waals surface area contributed by atoms with Crippen LogP contribution in [0.3, 0.4) is 0 Å². The summed E-state index contributed by atoms with van der Waals surface area (Å²) in [5, 5.41) is 0. The fourth-order valence-electron chi connectivity index (χ4n) is 2.15. The van der Waals surface area contributed by atoms with Crippen molar-refractivity contribution in [2.75, 3.05) is 6.54 Å². The zero-order valence-electron chi connectivity index (χ0n) is 10.8. The van der Waals surface area contributed by atoms with Crippen LogP contribution >= 0.6 is 24.8 Å².